The Labute approximate surface area is 157 Å². The Hall–Kier alpha value is -1.43. The van der Waals surface area contributed by atoms with Crippen molar-refractivity contribution in [2.45, 2.75) is 71.1 Å². The van der Waals surface area contributed by atoms with E-state index in [2.05, 4.69) is 59.2 Å². The van der Waals surface area contributed by atoms with Crippen LogP contribution in [0.4, 0.5) is 0 Å². The Bertz CT molecular complexity index is 583. The van der Waals surface area contributed by atoms with Crippen molar-refractivity contribution in [3.63, 3.8) is 0 Å². The SMILES string of the molecule is CC(C)CC1CC(C(=O)NCc2ccccc2CN2CCCCC2)NN1. The third-order valence-corrected chi connectivity index (χ3v) is 5.47. The summed E-state index contributed by atoms with van der Waals surface area (Å²) >= 11 is 0. The minimum atomic E-state index is -0.131. The van der Waals surface area contributed by atoms with Crippen LogP contribution in [-0.4, -0.2) is 36.0 Å². The number of amides is 1. The van der Waals surface area contributed by atoms with Crippen molar-refractivity contribution in [3.8, 4) is 0 Å². The molecule has 0 bridgehead atoms. The topological polar surface area (TPSA) is 56.4 Å². The van der Waals surface area contributed by atoms with Gasteiger partial charge in [-0.3, -0.25) is 15.1 Å². The molecule has 1 aromatic carbocycles. The Kier molecular flexibility index (Phi) is 7.06. The lowest BCUT2D eigenvalue weighted by Crippen LogP contribution is -2.43. The van der Waals surface area contributed by atoms with Crippen LogP contribution >= 0.6 is 0 Å². The standard InChI is InChI=1S/C21H34N4O/c1-16(2)12-19-13-20(24-23-19)21(26)22-14-17-8-4-5-9-18(17)15-25-10-6-3-7-11-25/h4-5,8-9,16,19-20,23-24H,3,6-7,10-15H2,1-2H3,(H,22,26). The van der Waals surface area contributed by atoms with Crippen LogP contribution in [0, 0.1) is 5.92 Å². The van der Waals surface area contributed by atoms with Crippen LogP contribution in [0.1, 0.15) is 57.1 Å². The molecule has 144 valence electrons. The lowest BCUT2D eigenvalue weighted by molar-refractivity contribution is -0.123. The number of hydrogen-bond donors (Lipinski definition) is 3. The van der Waals surface area contributed by atoms with Crippen LogP contribution in [0.25, 0.3) is 0 Å². The molecule has 5 nitrogen and oxygen atoms in total. The fourth-order valence-corrected chi connectivity index (χ4v) is 4.07. The molecule has 2 fully saturated rings. The highest BCUT2D eigenvalue weighted by atomic mass is 16.2. The molecule has 0 aromatic heterocycles. The van der Waals surface area contributed by atoms with Gasteiger partial charge in [0, 0.05) is 19.1 Å². The molecule has 2 unspecified atom stereocenters. The fraction of sp³-hybridized carbons (Fsp3) is 0.667. The Morgan fingerprint density at radius 1 is 1.15 bits per heavy atom. The number of likely N-dealkylation sites (tertiary alicyclic amines) is 1. The molecule has 0 spiro atoms. The maximum absolute atomic E-state index is 12.5. The number of hydrazine groups is 1. The largest absolute Gasteiger partial charge is 0.351 e. The second-order valence-corrected chi connectivity index (χ2v) is 8.23. The molecule has 2 aliphatic rings. The summed E-state index contributed by atoms with van der Waals surface area (Å²) in [5, 5.41) is 3.13. The van der Waals surface area contributed by atoms with Crippen molar-refractivity contribution < 1.29 is 4.79 Å². The van der Waals surface area contributed by atoms with E-state index in [9.17, 15) is 4.79 Å². The van der Waals surface area contributed by atoms with Crippen LogP contribution in [0.2, 0.25) is 0 Å². The molecule has 2 aliphatic heterocycles. The van der Waals surface area contributed by atoms with Gasteiger partial charge in [0.15, 0.2) is 0 Å². The third-order valence-electron chi connectivity index (χ3n) is 5.47. The van der Waals surface area contributed by atoms with Gasteiger partial charge in [-0.25, -0.2) is 5.43 Å². The average molecular weight is 359 g/mol. The second-order valence-electron chi connectivity index (χ2n) is 8.23. The van der Waals surface area contributed by atoms with Crippen LogP contribution in [0.5, 0.6) is 0 Å². The molecule has 3 rings (SSSR count). The zero-order valence-electron chi connectivity index (χ0n) is 16.3. The highest BCUT2D eigenvalue weighted by Gasteiger charge is 2.29. The van der Waals surface area contributed by atoms with Crippen LogP contribution in [0.3, 0.4) is 0 Å². The van der Waals surface area contributed by atoms with E-state index in [1.807, 2.05) is 0 Å². The molecule has 2 atom stereocenters. The van der Waals surface area contributed by atoms with Crippen molar-refractivity contribution in [3.05, 3.63) is 35.4 Å². The first-order valence-corrected chi connectivity index (χ1v) is 10.2. The van der Waals surface area contributed by atoms with Crippen molar-refractivity contribution in [1.82, 2.24) is 21.1 Å². The third kappa shape index (κ3) is 5.53. The van der Waals surface area contributed by atoms with E-state index < -0.39 is 0 Å². The van der Waals surface area contributed by atoms with Gasteiger partial charge in [0.1, 0.15) is 6.04 Å². The lowest BCUT2D eigenvalue weighted by Gasteiger charge is -2.27. The highest BCUT2D eigenvalue weighted by molar-refractivity contribution is 5.82. The summed E-state index contributed by atoms with van der Waals surface area (Å²) in [6, 6.07) is 8.76. The first-order valence-electron chi connectivity index (χ1n) is 10.2. The number of carbonyl (C=O) groups is 1. The highest BCUT2D eigenvalue weighted by Crippen LogP contribution is 2.17. The molecule has 2 heterocycles. The molecule has 26 heavy (non-hydrogen) atoms. The summed E-state index contributed by atoms with van der Waals surface area (Å²) in [5.74, 6) is 0.731. The van der Waals surface area contributed by atoms with Crippen molar-refractivity contribution in [1.29, 1.82) is 0 Å². The minimum absolute atomic E-state index is 0.0940. The van der Waals surface area contributed by atoms with Gasteiger partial charge in [-0.2, -0.15) is 0 Å². The van der Waals surface area contributed by atoms with Gasteiger partial charge >= 0.3 is 0 Å². The van der Waals surface area contributed by atoms with E-state index in [0.717, 1.165) is 19.4 Å². The first-order chi connectivity index (χ1) is 12.6. The molecule has 2 saturated heterocycles. The molecule has 3 N–H and O–H groups in total. The molecule has 5 heteroatoms. The monoisotopic (exact) mass is 358 g/mol. The molecule has 0 radical (unpaired) electrons. The van der Waals surface area contributed by atoms with Gasteiger partial charge in [0.25, 0.3) is 0 Å². The smallest absolute Gasteiger partial charge is 0.238 e. The lowest BCUT2D eigenvalue weighted by atomic mass is 9.99. The molecular weight excluding hydrogens is 324 g/mol. The molecule has 1 aromatic rings. The van der Waals surface area contributed by atoms with E-state index in [1.54, 1.807) is 0 Å². The van der Waals surface area contributed by atoms with E-state index in [4.69, 9.17) is 0 Å². The zero-order chi connectivity index (χ0) is 18.4. The van der Waals surface area contributed by atoms with Gasteiger partial charge in [0.05, 0.1) is 0 Å². The number of benzene rings is 1. The molecule has 1 amide bonds. The maximum Gasteiger partial charge on any atom is 0.238 e. The molecular formula is C21H34N4O. The summed E-state index contributed by atoms with van der Waals surface area (Å²) in [6.07, 6.45) is 5.91. The zero-order valence-corrected chi connectivity index (χ0v) is 16.3. The van der Waals surface area contributed by atoms with Gasteiger partial charge in [-0.15, -0.1) is 0 Å². The number of carbonyl (C=O) groups excluding carboxylic acids is 1. The van der Waals surface area contributed by atoms with E-state index in [-0.39, 0.29) is 11.9 Å². The van der Waals surface area contributed by atoms with Gasteiger partial charge < -0.3 is 5.32 Å². The average Bonchev–Trinajstić information content (AvgIpc) is 3.09. The van der Waals surface area contributed by atoms with Crippen molar-refractivity contribution >= 4 is 5.91 Å². The first kappa shape index (κ1) is 19.3. The molecule has 0 saturated carbocycles. The number of hydrogen-bond acceptors (Lipinski definition) is 4. The van der Waals surface area contributed by atoms with E-state index in [0.29, 0.717) is 18.5 Å². The normalized spacial score (nSPS) is 24.1. The van der Waals surface area contributed by atoms with Crippen LogP contribution in [-0.2, 0) is 17.9 Å². The quantitative estimate of drug-likeness (QED) is 0.701. The minimum Gasteiger partial charge on any atom is -0.351 e. The maximum atomic E-state index is 12.5. The predicted octanol–water partition coefficient (Wildman–Crippen LogP) is 2.57. The van der Waals surface area contributed by atoms with E-state index >= 15 is 0 Å². The Morgan fingerprint density at radius 2 is 1.88 bits per heavy atom. The predicted molar refractivity (Wildman–Crippen MR) is 105 cm³/mol. The van der Waals surface area contributed by atoms with Gasteiger partial charge in [-0.05, 0) is 55.8 Å². The summed E-state index contributed by atoms with van der Waals surface area (Å²) in [5.41, 5.74) is 8.99. The van der Waals surface area contributed by atoms with Crippen LogP contribution in [0.15, 0.2) is 24.3 Å². The number of nitrogens with zero attached hydrogens (tertiary/aromatic N) is 1. The number of rotatable bonds is 7. The van der Waals surface area contributed by atoms with Crippen LogP contribution < -0.4 is 16.2 Å². The Balaban J connectivity index is 1.50. The summed E-state index contributed by atoms with van der Waals surface area (Å²) in [7, 11) is 0. The van der Waals surface area contributed by atoms with Gasteiger partial charge in [0.2, 0.25) is 5.91 Å². The summed E-state index contributed by atoms with van der Waals surface area (Å²) in [6.45, 7) is 8.41. The van der Waals surface area contributed by atoms with Gasteiger partial charge in [-0.1, -0.05) is 44.5 Å². The van der Waals surface area contributed by atoms with E-state index in [1.165, 1.54) is 43.5 Å². The second kappa shape index (κ2) is 9.49. The number of nitrogens with one attached hydrogen (secondary N) is 3. The van der Waals surface area contributed by atoms with Crippen molar-refractivity contribution in [2.24, 2.45) is 5.92 Å². The summed E-state index contributed by atoms with van der Waals surface area (Å²) in [4.78, 5) is 15.1. The van der Waals surface area contributed by atoms with Crippen molar-refractivity contribution in [2.75, 3.05) is 13.1 Å². The summed E-state index contributed by atoms with van der Waals surface area (Å²) < 4.78 is 0. The molecule has 0 aliphatic carbocycles. The Morgan fingerprint density at radius 3 is 2.62 bits per heavy atom. The number of piperidine rings is 1. The fourth-order valence-electron chi connectivity index (χ4n) is 4.07.